The lowest BCUT2D eigenvalue weighted by molar-refractivity contribution is -0.225. The number of esters is 2. The van der Waals surface area contributed by atoms with Gasteiger partial charge in [0, 0.05) is 48.2 Å². The summed E-state index contributed by atoms with van der Waals surface area (Å²) >= 11 is 0. The quantitative estimate of drug-likeness (QED) is 0.0190. The number of benzene rings is 2. The molecule has 5 heterocycles. The van der Waals surface area contributed by atoms with Crippen molar-refractivity contribution in [3.8, 4) is 11.4 Å². The van der Waals surface area contributed by atoms with Crippen molar-refractivity contribution < 1.29 is 94.4 Å². The molecule has 0 fully saturated rings. The van der Waals surface area contributed by atoms with Crippen LogP contribution in [0.4, 0.5) is 22.4 Å². The van der Waals surface area contributed by atoms with Crippen molar-refractivity contribution in [2.24, 2.45) is 0 Å². The second kappa shape index (κ2) is 27.3. The molecule has 3 aliphatic heterocycles. The van der Waals surface area contributed by atoms with E-state index in [1.54, 1.807) is 51.1 Å². The normalized spacial score (nSPS) is 17.4. The molecular formula is C62H70F4N10O17. The van der Waals surface area contributed by atoms with Gasteiger partial charge in [-0.1, -0.05) is 37.3 Å². The SMILES string of the molecule is CC[C@@]1(O)C(=O)OCc2c1cc1n(c2=O)Cc2c-1nc1cc(F)c(C)c3c1c2[C@@H](N(C)C(=O)[C@H](OCNC(=O)CNC(=O)[C@H](Cc1ccccc1)NC(=O)CNC(=O)CNC(=O)[C@H](CN(CC(=O)OC(C)(C)C)C(=O)OC(C)(C)C)N1C(=O)C=CC1=O)C(F)(F)F)CC3. The average Bonchev–Trinajstić information content (AvgIpc) is 1.63. The molecule has 27 nitrogen and oxygen atoms in total. The van der Waals surface area contributed by atoms with Crippen LogP contribution in [-0.2, 0) is 98.5 Å². The van der Waals surface area contributed by atoms with E-state index in [1.165, 1.54) is 45.3 Å². The second-order valence-electron chi connectivity index (χ2n) is 24.5. The fourth-order valence-electron chi connectivity index (χ4n) is 11.2. The van der Waals surface area contributed by atoms with E-state index in [1.807, 2.05) is 0 Å². The van der Waals surface area contributed by atoms with Crippen LogP contribution < -0.4 is 32.1 Å². The van der Waals surface area contributed by atoms with Gasteiger partial charge in [0.2, 0.25) is 35.6 Å². The number of likely N-dealkylation sites (N-methyl/N-ethyl adjacent to an activating group) is 1. The number of nitrogens with zero attached hydrogens (tertiary/aromatic N) is 5. The van der Waals surface area contributed by atoms with E-state index < -0.39 is 170 Å². The number of hydrogen-bond acceptors (Lipinski definition) is 18. The summed E-state index contributed by atoms with van der Waals surface area (Å²) in [5.41, 5.74) is -2.82. The molecule has 1 aliphatic carbocycles. The molecule has 0 unspecified atom stereocenters. The maximum absolute atomic E-state index is 15.6. The lowest BCUT2D eigenvalue weighted by Crippen LogP contribution is -2.57. The monoisotopic (exact) mass is 1300 g/mol. The van der Waals surface area contributed by atoms with Crippen LogP contribution in [0.25, 0.3) is 22.3 Å². The van der Waals surface area contributed by atoms with E-state index in [-0.39, 0.29) is 71.4 Å². The summed E-state index contributed by atoms with van der Waals surface area (Å²) < 4.78 is 82.7. The average molecular weight is 1300 g/mol. The molecule has 8 rings (SSSR count). The van der Waals surface area contributed by atoms with Crippen molar-refractivity contribution in [2.75, 3.05) is 46.5 Å². The molecule has 5 atom stereocenters. The highest BCUT2D eigenvalue weighted by Crippen LogP contribution is 2.48. The number of fused-ring (bicyclic) bond motifs is 5. The van der Waals surface area contributed by atoms with Gasteiger partial charge in [-0.05, 0) is 96.0 Å². The number of amides is 9. The molecule has 2 aromatic carbocycles. The Bertz CT molecular complexity index is 3810. The summed E-state index contributed by atoms with van der Waals surface area (Å²) in [5.74, 6) is -11.3. The van der Waals surface area contributed by atoms with Crippen molar-refractivity contribution in [2.45, 2.75) is 141 Å². The number of nitrogens with one attached hydrogen (secondary N) is 5. The lowest BCUT2D eigenvalue weighted by Gasteiger charge is -2.37. The summed E-state index contributed by atoms with van der Waals surface area (Å²) in [6.07, 6.45) is -8.24. The number of cyclic esters (lactones) is 1. The van der Waals surface area contributed by atoms with Gasteiger partial charge in [-0.15, -0.1) is 0 Å². The lowest BCUT2D eigenvalue weighted by atomic mass is 9.81. The third-order valence-corrected chi connectivity index (χ3v) is 15.7. The first-order chi connectivity index (χ1) is 43.5. The number of ether oxygens (including phenoxy) is 4. The molecule has 9 amide bonds. The van der Waals surface area contributed by atoms with Crippen LogP contribution in [0, 0.1) is 12.7 Å². The van der Waals surface area contributed by atoms with Gasteiger partial charge in [-0.2, -0.15) is 13.2 Å². The van der Waals surface area contributed by atoms with Crippen LogP contribution in [0.1, 0.15) is 106 Å². The summed E-state index contributed by atoms with van der Waals surface area (Å²) in [7, 11) is 1.11. The van der Waals surface area contributed by atoms with Gasteiger partial charge in [0.25, 0.3) is 23.3 Å². The molecule has 0 saturated carbocycles. The van der Waals surface area contributed by atoms with Crippen LogP contribution in [-0.4, -0.2) is 177 Å². The zero-order valence-electron chi connectivity index (χ0n) is 52.2. The van der Waals surface area contributed by atoms with Gasteiger partial charge in [0.05, 0.1) is 61.2 Å². The Labute approximate surface area is 528 Å². The third-order valence-electron chi connectivity index (χ3n) is 15.7. The smallest absolute Gasteiger partial charge is 0.423 e. The number of aliphatic hydroxyl groups is 1. The number of carbonyl (C=O) groups is 11. The van der Waals surface area contributed by atoms with Crippen LogP contribution in [0.15, 0.2) is 59.4 Å². The number of imide groups is 1. The molecule has 4 aliphatic rings. The van der Waals surface area contributed by atoms with Gasteiger partial charge >= 0.3 is 24.2 Å². The van der Waals surface area contributed by atoms with Gasteiger partial charge in [0.1, 0.15) is 49.0 Å². The van der Waals surface area contributed by atoms with E-state index in [0.29, 0.717) is 27.0 Å². The predicted molar refractivity (Wildman–Crippen MR) is 317 cm³/mol. The summed E-state index contributed by atoms with van der Waals surface area (Å²) in [4.78, 5) is 167. The fourth-order valence-corrected chi connectivity index (χ4v) is 11.2. The highest BCUT2D eigenvalue weighted by atomic mass is 19.4. The van der Waals surface area contributed by atoms with Gasteiger partial charge in [-0.3, -0.25) is 57.7 Å². The minimum Gasteiger partial charge on any atom is -0.459 e. The maximum Gasteiger partial charge on any atom is 0.423 e. The topological polar surface area (TPSA) is 350 Å². The summed E-state index contributed by atoms with van der Waals surface area (Å²) in [6.45, 7) is 6.28. The molecule has 498 valence electrons. The highest BCUT2D eigenvalue weighted by molar-refractivity contribution is 6.15. The molecule has 93 heavy (non-hydrogen) atoms. The van der Waals surface area contributed by atoms with Crippen LogP contribution in [0.5, 0.6) is 0 Å². The Balaban J connectivity index is 0.893. The van der Waals surface area contributed by atoms with Crippen LogP contribution in [0.2, 0.25) is 0 Å². The molecule has 0 bridgehead atoms. The number of hydrogen-bond donors (Lipinski definition) is 6. The first-order valence-corrected chi connectivity index (χ1v) is 29.5. The number of rotatable bonds is 22. The van der Waals surface area contributed by atoms with Crippen molar-refractivity contribution in [1.82, 2.24) is 50.8 Å². The second-order valence-corrected chi connectivity index (χ2v) is 24.5. The minimum absolute atomic E-state index is 0.00269. The predicted octanol–water partition coefficient (Wildman–Crippen LogP) is 1.94. The van der Waals surface area contributed by atoms with E-state index >= 15 is 4.39 Å². The van der Waals surface area contributed by atoms with Crippen LogP contribution in [0.3, 0.4) is 0 Å². The molecule has 4 aromatic rings. The Morgan fingerprint density at radius 3 is 2.08 bits per heavy atom. The number of aryl methyl sites for hydroxylation is 1. The van der Waals surface area contributed by atoms with E-state index in [4.69, 9.17) is 23.9 Å². The molecular weight excluding hydrogens is 1230 g/mol. The zero-order chi connectivity index (χ0) is 68.4. The van der Waals surface area contributed by atoms with Gasteiger partial charge in [0.15, 0.2) is 5.60 Å². The first-order valence-electron chi connectivity index (χ1n) is 29.5. The first kappa shape index (κ1) is 69.2. The molecule has 0 radical (unpaired) electrons. The van der Waals surface area contributed by atoms with E-state index in [9.17, 15) is 75.8 Å². The highest BCUT2D eigenvalue weighted by Gasteiger charge is 2.50. The molecule has 31 heteroatoms. The minimum atomic E-state index is -5.38. The largest absolute Gasteiger partial charge is 0.459 e. The van der Waals surface area contributed by atoms with Crippen LogP contribution >= 0.6 is 0 Å². The Kier molecular flexibility index (Phi) is 20.3. The van der Waals surface area contributed by atoms with E-state index in [2.05, 4.69) is 26.6 Å². The molecule has 2 aromatic heterocycles. The van der Waals surface area contributed by atoms with Crippen molar-refractivity contribution in [3.05, 3.63) is 110 Å². The Hall–Kier alpha value is -9.65. The Morgan fingerprint density at radius 1 is 0.828 bits per heavy atom. The Morgan fingerprint density at radius 2 is 1.45 bits per heavy atom. The number of halogens is 4. The third kappa shape index (κ3) is 15.5. The van der Waals surface area contributed by atoms with Gasteiger partial charge in [-0.25, -0.2) is 19.0 Å². The van der Waals surface area contributed by atoms with Gasteiger partial charge < -0.3 is 60.1 Å². The number of carbonyl (C=O) groups excluding carboxylic acids is 11. The van der Waals surface area contributed by atoms with Crippen molar-refractivity contribution in [3.63, 3.8) is 0 Å². The molecule has 0 spiro atoms. The van der Waals surface area contributed by atoms with E-state index in [0.717, 1.165) is 35.1 Å². The number of aromatic nitrogens is 2. The maximum atomic E-state index is 15.6. The molecule has 6 N–H and O–H groups in total. The van der Waals surface area contributed by atoms with Crippen molar-refractivity contribution in [1.29, 1.82) is 0 Å². The summed E-state index contributed by atoms with van der Waals surface area (Å²) in [5, 5.41) is 23.0. The van der Waals surface area contributed by atoms with Crippen molar-refractivity contribution >= 4 is 76.2 Å². The summed E-state index contributed by atoms with van der Waals surface area (Å²) in [6, 6.07) is 6.24. The number of alkyl halides is 3. The molecule has 0 saturated heterocycles. The fraction of sp³-hybridized carbons (Fsp3) is 0.468. The standard InChI is InChI=1S/C62H70F4N10O17/c1-10-61(89)36-21-41-51-34(26-75(41)55(85)35(36)29-90-57(61)87)50-40(17-16-33-31(2)37(63)22-38(72-51)49(33)50)73(9)56(86)52(62(64,65)66)91-30-70-44(78)24-68-53(83)39(20-32-14-12-11-13-15-32)71-45(79)25-67-43(77)23-69-54(84)42(76-46(80)18-19-47(76)81)27-74(58(88)93-60(6,7)8)28-48(82)92-59(3,4)5/h11-15,18-19,21-22,39-40,42,52,89H,10,16-17,20,23-30H2,1-9H3,(H,67,77)(H,68,83)(H,69,84)(H,70,78)(H,71,79)/t39-,40-,42-,52-,61-/m0/s1. The number of pyridine rings is 2. The zero-order valence-corrected chi connectivity index (χ0v) is 52.2.